The van der Waals surface area contributed by atoms with Gasteiger partial charge in [-0.05, 0) is 42.0 Å². The van der Waals surface area contributed by atoms with E-state index in [9.17, 15) is 4.79 Å². The fourth-order valence-corrected chi connectivity index (χ4v) is 3.98. The molecule has 1 fully saturated rings. The Hall–Kier alpha value is -3.53. The van der Waals surface area contributed by atoms with Gasteiger partial charge in [-0.1, -0.05) is 66.7 Å². The fourth-order valence-electron chi connectivity index (χ4n) is 3.98. The molecule has 0 spiro atoms. The van der Waals surface area contributed by atoms with Crippen molar-refractivity contribution in [3.63, 3.8) is 0 Å². The van der Waals surface area contributed by atoms with Crippen molar-refractivity contribution in [1.82, 2.24) is 9.47 Å². The molecule has 4 heteroatoms. The molecule has 0 saturated heterocycles. The molecular formula is C26H25N3O. The number of hydrogen-bond donors (Lipinski definition) is 1. The van der Waals surface area contributed by atoms with Crippen molar-refractivity contribution < 1.29 is 4.79 Å². The van der Waals surface area contributed by atoms with Gasteiger partial charge in [0.05, 0.1) is 12.2 Å². The van der Waals surface area contributed by atoms with Crippen molar-refractivity contribution in [3.8, 4) is 0 Å². The average Bonchev–Trinajstić information content (AvgIpc) is 3.53. The van der Waals surface area contributed by atoms with Crippen molar-refractivity contribution >= 4 is 22.5 Å². The molecule has 0 radical (unpaired) electrons. The fraction of sp³-hybridized carbons (Fsp3) is 0.192. The van der Waals surface area contributed by atoms with Crippen LogP contribution in [0.1, 0.15) is 24.1 Å². The van der Waals surface area contributed by atoms with Crippen molar-refractivity contribution in [2.75, 3.05) is 5.32 Å². The summed E-state index contributed by atoms with van der Waals surface area (Å²) in [6, 6.07) is 29.1. The average molecular weight is 396 g/mol. The third kappa shape index (κ3) is 3.94. The minimum absolute atomic E-state index is 0.0266. The van der Waals surface area contributed by atoms with Gasteiger partial charge in [0.2, 0.25) is 0 Å². The number of anilines is 1. The molecule has 1 saturated carbocycles. The van der Waals surface area contributed by atoms with Gasteiger partial charge in [0.15, 0.2) is 0 Å². The zero-order valence-corrected chi connectivity index (χ0v) is 16.9. The standard InChI is InChI=1S/C26H25N3O/c30-26(27-25-14-6-11-21-10-4-5-13-24(21)25)29(22-15-16-22)19-23-12-7-17-28(23)18-20-8-2-1-3-9-20/h1-14,17,22H,15-16,18-19H2,(H,27,30). The summed E-state index contributed by atoms with van der Waals surface area (Å²) in [4.78, 5) is 15.2. The first-order valence-electron chi connectivity index (χ1n) is 10.5. The third-order valence-corrected chi connectivity index (χ3v) is 5.73. The highest BCUT2D eigenvalue weighted by molar-refractivity contribution is 6.01. The second-order valence-corrected chi connectivity index (χ2v) is 7.93. The largest absolute Gasteiger partial charge is 0.345 e. The lowest BCUT2D eigenvalue weighted by molar-refractivity contribution is 0.204. The first kappa shape index (κ1) is 18.5. The molecule has 1 aliphatic rings. The summed E-state index contributed by atoms with van der Waals surface area (Å²) >= 11 is 0. The van der Waals surface area contributed by atoms with Crippen LogP contribution in [0.3, 0.4) is 0 Å². The van der Waals surface area contributed by atoms with Gasteiger partial charge in [0.1, 0.15) is 0 Å². The van der Waals surface area contributed by atoms with Crippen LogP contribution in [0.4, 0.5) is 10.5 Å². The number of benzene rings is 3. The van der Waals surface area contributed by atoms with Gasteiger partial charge in [-0.25, -0.2) is 4.79 Å². The Kier molecular flexibility index (Phi) is 4.98. The van der Waals surface area contributed by atoms with Crippen LogP contribution in [0.25, 0.3) is 10.8 Å². The lowest BCUT2D eigenvalue weighted by Gasteiger charge is -2.24. The number of amides is 2. The molecule has 1 N–H and O–H groups in total. The van der Waals surface area contributed by atoms with E-state index in [1.807, 2.05) is 35.2 Å². The molecule has 4 nitrogen and oxygen atoms in total. The summed E-state index contributed by atoms with van der Waals surface area (Å²) in [6.45, 7) is 1.42. The van der Waals surface area contributed by atoms with E-state index in [1.54, 1.807) is 0 Å². The SMILES string of the molecule is O=C(Nc1cccc2ccccc12)N(Cc1cccn1Cc1ccccc1)C1CC1. The van der Waals surface area contributed by atoms with Crippen LogP contribution in [-0.4, -0.2) is 21.5 Å². The number of fused-ring (bicyclic) bond motifs is 1. The van der Waals surface area contributed by atoms with Gasteiger partial charge in [0.25, 0.3) is 0 Å². The minimum Gasteiger partial charge on any atom is -0.345 e. The van der Waals surface area contributed by atoms with Crippen LogP contribution < -0.4 is 5.32 Å². The predicted octanol–water partition coefficient (Wildman–Crippen LogP) is 5.89. The molecular weight excluding hydrogens is 370 g/mol. The summed E-state index contributed by atoms with van der Waals surface area (Å²) in [6.07, 6.45) is 4.24. The highest BCUT2D eigenvalue weighted by Crippen LogP contribution is 2.30. The normalized spacial score (nSPS) is 13.3. The van der Waals surface area contributed by atoms with Crippen molar-refractivity contribution in [3.05, 3.63) is 102 Å². The number of carbonyl (C=O) groups is 1. The number of hydrogen-bond acceptors (Lipinski definition) is 1. The van der Waals surface area contributed by atoms with Crippen LogP contribution >= 0.6 is 0 Å². The van der Waals surface area contributed by atoms with E-state index >= 15 is 0 Å². The van der Waals surface area contributed by atoms with Crippen LogP contribution in [0.15, 0.2) is 91.1 Å². The Morgan fingerprint density at radius 1 is 0.900 bits per heavy atom. The van der Waals surface area contributed by atoms with Gasteiger partial charge in [-0.3, -0.25) is 0 Å². The Morgan fingerprint density at radius 2 is 1.67 bits per heavy atom. The van der Waals surface area contributed by atoms with E-state index in [4.69, 9.17) is 0 Å². The second-order valence-electron chi connectivity index (χ2n) is 7.93. The number of carbonyl (C=O) groups excluding carboxylic acids is 1. The Labute approximate surface area is 176 Å². The minimum atomic E-state index is -0.0266. The first-order chi connectivity index (χ1) is 14.8. The molecule has 0 aliphatic heterocycles. The topological polar surface area (TPSA) is 37.3 Å². The second kappa shape index (κ2) is 8.07. The monoisotopic (exact) mass is 395 g/mol. The van der Waals surface area contributed by atoms with Crippen LogP contribution in [0, 0.1) is 0 Å². The number of nitrogens with zero attached hydrogens (tertiary/aromatic N) is 2. The molecule has 1 aliphatic carbocycles. The van der Waals surface area contributed by atoms with E-state index in [1.165, 1.54) is 5.56 Å². The highest BCUT2D eigenvalue weighted by Gasteiger charge is 2.33. The number of nitrogens with one attached hydrogen (secondary N) is 1. The molecule has 3 aromatic carbocycles. The van der Waals surface area contributed by atoms with Crippen molar-refractivity contribution in [2.24, 2.45) is 0 Å². The maximum Gasteiger partial charge on any atom is 0.322 e. The summed E-state index contributed by atoms with van der Waals surface area (Å²) in [7, 11) is 0. The zero-order valence-electron chi connectivity index (χ0n) is 16.9. The van der Waals surface area contributed by atoms with Crippen LogP contribution in [0.2, 0.25) is 0 Å². The molecule has 1 heterocycles. The third-order valence-electron chi connectivity index (χ3n) is 5.73. The van der Waals surface area contributed by atoms with E-state index in [0.717, 1.165) is 41.5 Å². The molecule has 2 amide bonds. The van der Waals surface area contributed by atoms with Gasteiger partial charge in [-0.15, -0.1) is 0 Å². The van der Waals surface area contributed by atoms with Gasteiger partial charge < -0.3 is 14.8 Å². The zero-order chi connectivity index (χ0) is 20.3. The number of urea groups is 1. The summed E-state index contributed by atoms with van der Waals surface area (Å²) in [5.74, 6) is 0. The maximum atomic E-state index is 13.2. The summed E-state index contributed by atoms with van der Waals surface area (Å²) < 4.78 is 2.23. The number of rotatable bonds is 6. The van der Waals surface area contributed by atoms with Crippen molar-refractivity contribution in [2.45, 2.75) is 32.0 Å². The molecule has 150 valence electrons. The van der Waals surface area contributed by atoms with Gasteiger partial charge in [0, 0.05) is 29.9 Å². The highest BCUT2D eigenvalue weighted by atomic mass is 16.2. The van der Waals surface area contributed by atoms with Gasteiger partial charge in [-0.2, -0.15) is 0 Å². The van der Waals surface area contributed by atoms with E-state index in [-0.39, 0.29) is 6.03 Å². The maximum absolute atomic E-state index is 13.2. The Bertz CT molecular complexity index is 1160. The first-order valence-corrected chi connectivity index (χ1v) is 10.5. The van der Waals surface area contributed by atoms with E-state index in [0.29, 0.717) is 12.6 Å². The number of aromatic nitrogens is 1. The Balaban J connectivity index is 1.35. The smallest absolute Gasteiger partial charge is 0.322 e. The van der Waals surface area contributed by atoms with Gasteiger partial charge >= 0.3 is 6.03 Å². The van der Waals surface area contributed by atoms with E-state index < -0.39 is 0 Å². The predicted molar refractivity (Wildman–Crippen MR) is 122 cm³/mol. The molecule has 0 bridgehead atoms. The van der Waals surface area contributed by atoms with Crippen molar-refractivity contribution in [1.29, 1.82) is 0 Å². The Morgan fingerprint density at radius 3 is 2.50 bits per heavy atom. The lowest BCUT2D eigenvalue weighted by atomic mass is 10.1. The lowest BCUT2D eigenvalue weighted by Crippen LogP contribution is -2.36. The summed E-state index contributed by atoms with van der Waals surface area (Å²) in [5.41, 5.74) is 3.27. The molecule has 0 unspecified atom stereocenters. The molecule has 0 atom stereocenters. The van der Waals surface area contributed by atoms with Crippen LogP contribution in [-0.2, 0) is 13.1 Å². The summed E-state index contributed by atoms with van der Waals surface area (Å²) in [5, 5.41) is 5.36. The molecule has 30 heavy (non-hydrogen) atoms. The van der Waals surface area contributed by atoms with E-state index in [2.05, 4.69) is 70.7 Å². The van der Waals surface area contributed by atoms with Crippen LogP contribution in [0.5, 0.6) is 0 Å². The quantitative estimate of drug-likeness (QED) is 0.434. The molecule has 4 aromatic rings. The molecule has 5 rings (SSSR count). The molecule has 1 aromatic heterocycles.